The van der Waals surface area contributed by atoms with Gasteiger partial charge in [0.05, 0.1) is 10.6 Å². The molecule has 2 aromatic rings. The van der Waals surface area contributed by atoms with Gasteiger partial charge in [-0.1, -0.05) is 12.1 Å². The Labute approximate surface area is 103 Å². The van der Waals surface area contributed by atoms with E-state index in [1.54, 1.807) is 25.1 Å². The molecule has 92 valence electrons. The number of nitrogen functional groups attached to an aromatic ring is 1. The first-order chi connectivity index (χ1) is 8.60. The van der Waals surface area contributed by atoms with Crippen LogP contribution in [0.5, 0.6) is 0 Å². The fourth-order valence-corrected chi connectivity index (χ4v) is 1.56. The van der Waals surface area contributed by atoms with Crippen molar-refractivity contribution in [3.8, 4) is 11.3 Å². The Morgan fingerprint density at radius 1 is 1.33 bits per heavy atom. The number of non-ortho nitro benzene ring substituents is 1. The Morgan fingerprint density at radius 2 is 2.11 bits per heavy atom. The maximum Gasteiger partial charge on any atom is 0.270 e. The van der Waals surface area contributed by atoms with Crippen LogP contribution < -0.4 is 11.3 Å². The molecule has 2 rings (SSSR count). The molecule has 0 amide bonds. The van der Waals surface area contributed by atoms with Crippen molar-refractivity contribution in [1.29, 1.82) is 0 Å². The number of nitro benzene ring substituents is 1. The van der Waals surface area contributed by atoms with E-state index >= 15 is 0 Å². The van der Waals surface area contributed by atoms with Gasteiger partial charge >= 0.3 is 0 Å². The zero-order valence-electron chi connectivity index (χ0n) is 9.62. The van der Waals surface area contributed by atoms with Crippen molar-refractivity contribution in [1.82, 2.24) is 9.97 Å². The maximum atomic E-state index is 10.7. The predicted octanol–water partition coefficient (Wildman–Crippen LogP) is 1.65. The molecular formula is C11H11N5O2. The van der Waals surface area contributed by atoms with Crippen LogP contribution in [0, 0.1) is 17.0 Å². The van der Waals surface area contributed by atoms with E-state index in [9.17, 15) is 10.1 Å². The number of aryl methyl sites for hydroxylation is 1. The van der Waals surface area contributed by atoms with Gasteiger partial charge in [0.15, 0.2) is 0 Å². The molecule has 0 fully saturated rings. The molecule has 1 aromatic heterocycles. The third-order valence-electron chi connectivity index (χ3n) is 2.34. The summed E-state index contributed by atoms with van der Waals surface area (Å²) in [6.07, 6.45) is 0. The number of nitrogens with two attached hydrogens (primary N) is 1. The summed E-state index contributed by atoms with van der Waals surface area (Å²) in [5, 5.41) is 10.7. The number of rotatable bonds is 3. The Balaban J connectivity index is 2.51. The SMILES string of the molecule is Cc1cc(-c2cccc([N+](=O)[O-])c2)nc(NN)n1. The van der Waals surface area contributed by atoms with E-state index in [1.807, 2.05) is 0 Å². The van der Waals surface area contributed by atoms with Crippen LogP contribution in [0.25, 0.3) is 11.3 Å². The lowest BCUT2D eigenvalue weighted by atomic mass is 10.1. The van der Waals surface area contributed by atoms with Crippen LogP contribution in [0.2, 0.25) is 0 Å². The van der Waals surface area contributed by atoms with E-state index < -0.39 is 4.92 Å². The number of hydrazine groups is 1. The quantitative estimate of drug-likeness (QED) is 0.483. The third-order valence-corrected chi connectivity index (χ3v) is 2.34. The van der Waals surface area contributed by atoms with E-state index in [-0.39, 0.29) is 11.6 Å². The number of anilines is 1. The standard InChI is InChI=1S/C11H11N5O2/c1-7-5-10(14-11(13-7)15-12)8-3-2-4-9(6-8)16(17)18/h2-6H,12H2,1H3,(H,13,14,15). The molecule has 0 spiro atoms. The normalized spacial score (nSPS) is 10.1. The van der Waals surface area contributed by atoms with Gasteiger partial charge in [-0.05, 0) is 13.0 Å². The highest BCUT2D eigenvalue weighted by Crippen LogP contribution is 2.23. The van der Waals surface area contributed by atoms with Crippen LogP contribution in [-0.2, 0) is 0 Å². The van der Waals surface area contributed by atoms with Gasteiger partial charge in [0.25, 0.3) is 5.69 Å². The van der Waals surface area contributed by atoms with Gasteiger partial charge in [-0.25, -0.2) is 15.8 Å². The van der Waals surface area contributed by atoms with Crippen LogP contribution in [0.4, 0.5) is 11.6 Å². The van der Waals surface area contributed by atoms with Gasteiger partial charge in [0.1, 0.15) is 0 Å². The van der Waals surface area contributed by atoms with Crippen molar-refractivity contribution in [3.63, 3.8) is 0 Å². The van der Waals surface area contributed by atoms with Gasteiger partial charge < -0.3 is 0 Å². The highest BCUT2D eigenvalue weighted by molar-refractivity contribution is 5.63. The number of nitrogens with one attached hydrogen (secondary N) is 1. The lowest BCUT2D eigenvalue weighted by Crippen LogP contribution is -2.11. The van der Waals surface area contributed by atoms with Gasteiger partial charge in [-0.3, -0.25) is 15.5 Å². The van der Waals surface area contributed by atoms with Crippen molar-refractivity contribution in [2.45, 2.75) is 6.92 Å². The minimum atomic E-state index is -0.445. The lowest BCUT2D eigenvalue weighted by molar-refractivity contribution is -0.384. The molecular weight excluding hydrogens is 234 g/mol. The molecule has 0 unspecified atom stereocenters. The molecule has 18 heavy (non-hydrogen) atoms. The third kappa shape index (κ3) is 2.41. The second-order valence-corrected chi connectivity index (χ2v) is 3.67. The number of nitrogens with zero attached hydrogens (tertiary/aromatic N) is 3. The van der Waals surface area contributed by atoms with Crippen LogP contribution in [0.1, 0.15) is 5.69 Å². The summed E-state index contributed by atoms with van der Waals surface area (Å²) < 4.78 is 0. The molecule has 0 saturated heterocycles. The number of benzene rings is 1. The van der Waals surface area contributed by atoms with E-state index in [1.165, 1.54) is 12.1 Å². The van der Waals surface area contributed by atoms with Crippen LogP contribution in [-0.4, -0.2) is 14.9 Å². The Hall–Kier alpha value is -2.54. The smallest absolute Gasteiger partial charge is 0.270 e. The average Bonchev–Trinajstić information content (AvgIpc) is 2.38. The highest BCUT2D eigenvalue weighted by atomic mass is 16.6. The summed E-state index contributed by atoms with van der Waals surface area (Å²) >= 11 is 0. The number of aromatic nitrogens is 2. The van der Waals surface area contributed by atoms with E-state index in [4.69, 9.17) is 5.84 Å². The van der Waals surface area contributed by atoms with E-state index in [0.29, 0.717) is 11.3 Å². The molecule has 7 nitrogen and oxygen atoms in total. The fourth-order valence-electron chi connectivity index (χ4n) is 1.56. The molecule has 1 heterocycles. The number of nitro groups is 1. The first kappa shape index (κ1) is 11.9. The molecule has 0 bridgehead atoms. The van der Waals surface area contributed by atoms with Crippen molar-refractivity contribution >= 4 is 11.6 Å². The van der Waals surface area contributed by atoms with Crippen LogP contribution in [0.15, 0.2) is 30.3 Å². The zero-order chi connectivity index (χ0) is 13.1. The van der Waals surface area contributed by atoms with Gasteiger partial charge in [-0.2, -0.15) is 0 Å². The topological polar surface area (TPSA) is 107 Å². The predicted molar refractivity (Wildman–Crippen MR) is 66.7 cm³/mol. The summed E-state index contributed by atoms with van der Waals surface area (Å²) in [6.45, 7) is 1.80. The van der Waals surface area contributed by atoms with E-state index in [2.05, 4.69) is 15.4 Å². The van der Waals surface area contributed by atoms with Gasteiger partial charge in [0, 0.05) is 23.4 Å². The Kier molecular flexibility index (Phi) is 3.16. The van der Waals surface area contributed by atoms with Gasteiger partial charge in [0.2, 0.25) is 5.95 Å². The van der Waals surface area contributed by atoms with Crippen molar-refractivity contribution in [3.05, 3.63) is 46.1 Å². The number of hydrogen-bond acceptors (Lipinski definition) is 6. The average molecular weight is 245 g/mol. The zero-order valence-corrected chi connectivity index (χ0v) is 9.62. The van der Waals surface area contributed by atoms with Crippen molar-refractivity contribution in [2.24, 2.45) is 5.84 Å². The largest absolute Gasteiger partial charge is 0.292 e. The lowest BCUT2D eigenvalue weighted by Gasteiger charge is -2.05. The molecule has 0 aliphatic carbocycles. The Bertz CT molecular complexity index is 600. The summed E-state index contributed by atoms with van der Waals surface area (Å²) in [5.74, 6) is 5.54. The molecule has 0 atom stereocenters. The van der Waals surface area contributed by atoms with Gasteiger partial charge in [-0.15, -0.1) is 0 Å². The molecule has 0 radical (unpaired) electrons. The minimum absolute atomic E-state index is 0.0195. The summed E-state index contributed by atoms with van der Waals surface area (Å²) in [4.78, 5) is 18.5. The molecule has 0 saturated carbocycles. The Morgan fingerprint density at radius 3 is 2.78 bits per heavy atom. The molecule has 3 N–H and O–H groups in total. The first-order valence-corrected chi connectivity index (χ1v) is 5.17. The maximum absolute atomic E-state index is 10.7. The first-order valence-electron chi connectivity index (χ1n) is 5.17. The van der Waals surface area contributed by atoms with Crippen LogP contribution >= 0.6 is 0 Å². The fraction of sp³-hybridized carbons (Fsp3) is 0.0909. The molecule has 0 aliphatic heterocycles. The summed E-state index contributed by atoms with van der Waals surface area (Å²) in [5.41, 5.74) is 4.33. The molecule has 0 aliphatic rings. The molecule has 7 heteroatoms. The highest BCUT2D eigenvalue weighted by Gasteiger charge is 2.09. The minimum Gasteiger partial charge on any atom is -0.292 e. The number of hydrogen-bond donors (Lipinski definition) is 2. The summed E-state index contributed by atoms with van der Waals surface area (Å²) in [6, 6.07) is 7.98. The molecule has 1 aromatic carbocycles. The monoisotopic (exact) mass is 245 g/mol. The van der Waals surface area contributed by atoms with Crippen molar-refractivity contribution < 1.29 is 4.92 Å². The van der Waals surface area contributed by atoms with Crippen molar-refractivity contribution in [2.75, 3.05) is 5.43 Å². The second kappa shape index (κ2) is 4.76. The summed E-state index contributed by atoms with van der Waals surface area (Å²) in [7, 11) is 0. The second-order valence-electron chi connectivity index (χ2n) is 3.67. The van der Waals surface area contributed by atoms with E-state index in [0.717, 1.165) is 5.69 Å². The van der Waals surface area contributed by atoms with Crippen LogP contribution in [0.3, 0.4) is 0 Å².